The summed E-state index contributed by atoms with van der Waals surface area (Å²) in [7, 11) is 0. The minimum Gasteiger partial charge on any atom is -0.482 e. The smallest absolute Gasteiger partial charge is 0.258 e. The van der Waals surface area contributed by atoms with Crippen LogP contribution in [0.5, 0.6) is 5.75 Å². The lowest BCUT2D eigenvalue weighted by molar-refractivity contribution is -0.124. The molecular weight excluding hydrogens is 351 g/mol. The minimum atomic E-state index is -0.305. The van der Waals surface area contributed by atoms with Crippen LogP contribution in [-0.4, -0.2) is 37.4 Å². The van der Waals surface area contributed by atoms with Crippen LogP contribution in [0.2, 0.25) is 10.0 Å². The molecule has 0 atom stereocenters. The Morgan fingerprint density at radius 1 is 1.09 bits per heavy atom. The molecule has 5 nitrogen and oxygen atoms in total. The first-order chi connectivity index (χ1) is 10.5. The minimum absolute atomic E-state index is 0.0842. The quantitative estimate of drug-likeness (QED) is 0.521. The summed E-state index contributed by atoms with van der Waals surface area (Å²) >= 11 is 17.2. The third-order valence-electron chi connectivity index (χ3n) is 2.56. The van der Waals surface area contributed by atoms with Crippen LogP contribution in [0.4, 0.5) is 0 Å². The largest absolute Gasteiger partial charge is 0.482 e. The molecule has 0 aromatic heterocycles. The van der Waals surface area contributed by atoms with Gasteiger partial charge >= 0.3 is 0 Å². The van der Waals surface area contributed by atoms with E-state index in [4.69, 9.17) is 39.5 Å². The molecule has 0 saturated carbocycles. The lowest BCUT2D eigenvalue weighted by Gasteiger charge is -2.09. The van der Waals surface area contributed by atoms with Gasteiger partial charge in [0.25, 0.3) is 5.91 Å². The van der Waals surface area contributed by atoms with Crippen molar-refractivity contribution in [1.82, 2.24) is 10.6 Å². The van der Waals surface area contributed by atoms with E-state index in [-0.39, 0.29) is 18.4 Å². The molecule has 0 bridgehead atoms. The van der Waals surface area contributed by atoms with E-state index >= 15 is 0 Å². The Morgan fingerprint density at radius 3 is 2.41 bits per heavy atom. The Morgan fingerprint density at radius 2 is 1.77 bits per heavy atom. The molecule has 1 aromatic carbocycles. The molecule has 0 spiro atoms. The van der Waals surface area contributed by atoms with Crippen LogP contribution in [0.1, 0.15) is 12.8 Å². The van der Waals surface area contributed by atoms with Crippen LogP contribution >= 0.6 is 34.8 Å². The Balaban J connectivity index is 2.17. The standard InChI is InChI=1S/C14H17Cl3N2O3/c15-5-1-2-13(20)18-6-7-19-14(21)9-22-12-4-3-10(16)8-11(12)17/h3-4,8H,1-2,5-7,9H2,(H,18,20)(H,19,21). The third-order valence-corrected chi connectivity index (χ3v) is 3.36. The van der Waals surface area contributed by atoms with E-state index < -0.39 is 0 Å². The van der Waals surface area contributed by atoms with Gasteiger partial charge in [0.2, 0.25) is 5.91 Å². The summed E-state index contributed by atoms with van der Waals surface area (Å²) in [6, 6.07) is 4.75. The Bertz CT molecular complexity index is 512. The molecule has 22 heavy (non-hydrogen) atoms. The highest BCUT2D eigenvalue weighted by Crippen LogP contribution is 2.27. The fourth-order valence-electron chi connectivity index (χ4n) is 1.51. The third kappa shape index (κ3) is 7.73. The number of nitrogens with one attached hydrogen (secondary N) is 2. The maximum absolute atomic E-state index is 11.6. The molecular formula is C14H17Cl3N2O3. The summed E-state index contributed by atoms with van der Waals surface area (Å²) in [6.45, 7) is 0.513. The number of ether oxygens (including phenoxy) is 1. The number of amides is 2. The summed E-state index contributed by atoms with van der Waals surface area (Å²) in [5.74, 6) is 0.449. The molecule has 2 N–H and O–H groups in total. The van der Waals surface area contributed by atoms with Gasteiger partial charge in [0.1, 0.15) is 5.75 Å². The number of rotatable bonds is 9. The number of halogens is 3. The first-order valence-corrected chi connectivity index (χ1v) is 7.99. The molecule has 1 aromatic rings. The average molecular weight is 368 g/mol. The summed E-state index contributed by atoms with van der Waals surface area (Å²) < 4.78 is 5.28. The van der Waals surface area contributed by atoms with Gasteiger partial charge in [-0.3, -0.25) is 9.59 Å². The van der Waals surface area contributed by atoms with Gasteiger partial charge in [-0.15, -0.1) is 11.6 Å². The topological polar surface area (TPSA) is 67.4 Å². The maximum atomic E-state index is 11.6. The Labute approximate surface area is 144 Å². The number of alkyl halides is 1. The molecule has 0 unspecified atom stereocenters. The molecule has 0 radical (unpaired) electrons. The number of carbonyl (C=O) groups excluding carboxylic acids is 2. The predicted octanol–water partition coefficient (Wildman–Crippen LogP) is 2.62. The number of hydrogen-bond acceptors (Lipinski definition) is 3. The van der Waals surface area contributed by atoms with Crippen molar-refractivity contribution in [3.63, 3.8) is 0 Å². The zero-order chi connectivity index (χ0) is 16.4. The monoisotopic (exact) mass is 366 g/mol. The van der Waals surface area contributed by atoms with Crippen LogP contribution < -0.4 is 15.4 Å². The molecule has 8 heteroatoms. The molecule has 0 saturated heterocycles. The Hall–Kier alpha value is -1.17. The van der Waals surface area contributed by atoms with Crippen LogP contribution in [0.25, 0.3) is 0 Å². The van der Waals surface area contributed by atoms with Gasteiger partial charge in [0, 0.05) is 30.4 Å². The average Bonchev–Trinajstić information content (AvgIpc) is 2.48. The van der Waals surface area contributed by atoms with Crippen LogP contribution in [0.3, 0.4) is 0 Å². The molecule has 0 aliphatic heterocycles. The van der Waals surface area contributed by atoms with Crippen molar-refractivity contribution in [2.75, 3.05) is 25.6 Å². The zero-order valence-electron chi connectivity index (χ0n) is 11.8. The van der Waals surface area contributed by atoms with Gasteiger partial charge in [0.15, 0.2) is 6.61 Å². The summed E-state index contributed by atoms with van der Waals surface area (Å²) in [5.41, 5.74) is 0. The Kier molecular flexibility index (Phi) is 9.04. The SMILES string of the molecule is O=C(CCCCl)NCCNC(=O)COc1ccc(Cl)cc1Cl. The first-order valence-electron chi connectivity index (χ1n) is 6.70. The van der Waals surface area contributed by atoms with E-state index in [1.807, 2.05) is 0 Å². The predicted molar refractivity (Wildman–Crippen MR) is 87.9 cm³/mol. The highest BCUT2D eigenvalue weighted by atomic mass is 35.5. The van der Waals surface area contributed by atoms with E-state index in [0.717, 1.165) is 0 Å². The van der Waals surface area contributed by atoms with E-state index in [1.165, 1.54) is 6.07 Å². The fraction of sp³-hybridized carbons (Fsp3) is 0.429. The van der Waals surface area contributed by atoms with Crippen molar-refractivity contribution < 1.29 is 14.3 Å². The van der Waals surface area contributed by atoms with Crippen molar-refractivity contribution in [1.29, 1.82) is 0 Å². The van der Waals surface area contributed by atoms with Gasteiger partial charge < -0.3 is 15.4 Å². The second kappa shape index (κ2) is 10.5. The molecule has 0 aliphatic rings. The second-order valence-corrected chi connectivity index (χ2v) is 5.58. The van der Waals surface area contributed by atoms with Gasteiger partial charge in [-0.25, -0.2) is 0 Å². The second-order valence-electron chi connectivity index (χ2n) is 4.36. The first kappa shape index (κ1) is 18.9. The van der Waals surface area contributed by atoms with Crippen LogP contribution in [0.15, 0.2) is 18.2 Å². The normalized spacial score (nSPS) is 10.1. The van der Waals surface area contributed by atoms with Crippen molar-refractivity contribution in [2.24, 2.45) is 0 Å². The van der Waals surface area contributed by atoms with Gasteiger partial charge in [-0.2, -0.15) is 0 Å². The molecule has 0 fully saturated rings. The zero-order valence-corrected chi connectivity index (χ0v) is 14.1. The molecule has 122 valence electrons. The number of hydrogen-bond donors (Lipinski definition) is 2. The maximum Gasteiger partial charge on any atom is 0.258 e. The van der Waals surface area contributed by atoms with Gasteiger partial charge in [-0.1, -0.05) is 23.2 Å². The van der Waals surface area contributed by atoms with E-state index in [2.05, 4.69) is 10.6 Å². The van der Waals surface area contributed by atoms with Crippen molar-refractivity contribution in [3.8, 4) is 5.75 Å². The highest BCUT2D eigenvalue weighted by molar-refractivity contribution is 6.35. The summed E-state index contributed by atoms with van der Waals surface area (Å²) in [6.07, 6.45) is 1.02. The van der Waals surface area contributed by atoms with Crippen molar-refractivity contribution >= 4 is 46.6 Å². The molecule has 0 heterocycles. The summed E-state index contributed by atoms with van der Waals surface area (Å²) in [5, 5.41) is 6.13. The van der Waals surface area contributed by atoms with E-state index in [0.29, 0.717) is 47.6 Å². The molecule has 0 aliphatic carbocycles. The molecule has 2 amide bonds. The fourth-order valence-corrected chi connectivity index (χ4v) is 2.10. The van der Waals surface area contributed by atoms with Crippen molar-refractivity contribution in [2.45, 2.75) is 12.8 Å². The van der Waals surface area contributed by atoms with Gasteiger partial charge in [-0.05, 0) is 24.6 Å². The number of benzene rings is 1. The van der Waals surface area contributed by atoms with Crippen molar-refractivity contribution in [3.05, 3.63) is 28.2 Å². The molecule has 1 rings (SSSR count). The lowest BCUT2D eigenvalue weighted by Crippen LogP contribution is -2.36. The summed E-state index contributed by atoms with van der Waals surface area (Å²) in [4.78, 5) is 22.9. The van der Waals surface area contributed by atoms with Crippen LogP contribution in [0, 0.1) is 0 Å². The highest BCUT2D eigenvalue weighted by Gasteiger charge is 2.06. The lowest BCUT2D eigenvalue weighted by atomic mass is 10.3. The van der Waals surface area contributed by atoms with Crippen LogP contribution in [-0.2, 0) is 9.59 Å². The number of carbonyl (C=O) groups is 2. The van der Waals surface area contributed by atoms with E-state index in [1.54, 1.807) is 12.1 Å². The van der Waals surface area contributed by atoms with Gasteiger partial charge in [0.05, 0.1) is 5.02 Å². The van der Waals surface area contributed by atoms with E-state index in [9.17, 15) is 9.59 Å².